The molecule has 0 saturated carbocycles. The van der Waals surface area contributed by atoms with Crippen molar-refractivity contribution in [3.63, 3.8) is 0 Å². The van der Waals surface area contributed by atoms with Crippen LogP contribution >= 0.6 is 11.3 Å². The number of thiazole rings is 1. The van der Waals surface area contributed by atoms with E-state index in [0.717, 1.165) is 13.0 Å². The number of nitrogens with zero attached hydrogens (tertiary/aromatic N) is 1. The summed E-state index contributed by atoms with van der Waals surface area (Å²) in [5.74, 6) is 0. The fourth-order valence-corrected chi connectivity index (χ4v) is 3.31. The van der Waals surface area contributed by atoms with Crippen LogP contribution in [-0.4, -0.2) is 17.1 Å². The Bertz CT molecular complexity index is 378. The van der Waals surface area contributed by atoms with Gasteiger partial charge in [-0.25, -0.2) is 4.98 Å². The van der Waals surface area contributed by atoms with Gasteiger partial charge in [0.1, 0.15) is 0 Å². The van der Waals surface area contributed by atoms with Crippen molar-refractivity contribution in [3.8, 4) is 0 Å². The standard InChI is InChI=1S/C16H30N2S/c1-8-16(9-2,11-17-15(5,6)7)10-14-18-12(3)13(4)19-14/h17H,8-11H2,1-7H3. The fraction of sp³-hybridized carbons (Fsp3) is 0.812. The van der Waals surface area contributed by atoms with E-state index in [1.54, 1.807) is 0 Å². The van der Waals surface area contributed by atoms with E-state index < -0.39 is 0 Å². The molecule has 0 aliphatic heterocycles. The zero-order valence-electron chi connectivity index (χ0n) is 13.7. The molecule has 0 fully saturated rings. The summed E-state index contributed by atoms with van der Waals surface area (Å²) >= 11 is 1.87. The predicted octanol–water partition coefficient (Wildman–Crippen LogP) is 4.50. The van der Waals surface area contributed by atoms with Crippen LogP contribution in [0.25, 0.3) is 0 Å². The second-order valence-electron chi connectivity index (χ2n) is 6.74. The van der Waals surface area contributed by atoms with Gasteiger partial charge in [-0.2, -0.15) is 0 Å². The monoisotopic (exact) mass is 282 g/mol. The summed E-state index contributed by atoms with van der Waals surface area (Å²) in [5.41, 5.74) is 1.72. The lowest BCUT2D eigenvalue weighted by Gasteiger charge is -2.35. The molecule has 1 N–H and O–H groups in total. The number of hydrogen-bond donors (Lipinski definition) is 1. The second-order valence-corrected chi connectivity index (χ2v) is 8.02. The topological polar surface area (TPSA) is 24.9 Å². The molecule has 0 amide bonds. The first-order valence-electron chi connectivity index (χ1n) is 7.39. The van der Waals surface area contributed by atoms with Gasteiger partial charge >= 0.3 is 0 Å². The van der Waals surface area contributed by atoms with Crippen LogP contribution in [0, 0.1) is 19.3 Å². The van der Waals surface area contributed by atoms with E-state index in [0.29, 0.717) is 5.41 Å². The number of hydrogen-bond acceptors (Lipinski definition) is 3. The van der Waals surface area contributed by atoms with Gasteiger partial charge in [0.2, 0.25) is 0 Å². The molecule has 3 heteroatoms. The number of aromatic nitrogens is 1. The Kier molecular flexibility index (Phi) is 5.57. The van der Waals surface area contributed by atoms with Crippen molar-refractivity contribution in [1.82, 2.24) is 10.3 Å². The van der Waals surface area contributed by atoms with Crippen molar-refractivity contribution in [2.75, 3.05) is 6.54 Å². The smallest absolute Gasteiger partial charge is 0.0936 e. The Labute approximate surface area is 123 Å². The first-order chi connectivity index (χ1) is 8.71. The molecular formula is C16H30N2S. The van der Waals surface area contributed by atoms with Crippen molar-refractivity contribution in [3.05, 3.63) is 15.6 Å². The summed E-state index contributed by atoms with van der Waals surface area (Å²) in [6.45, 7) is 16.7. The van der Waals surface area contributed by atoms with Crippen LogP contribution in [0.4, 0.5) is 0 Å². The third-order valence-electron chi connectivity index (χ3n) is 4.09. The maximum atomic E-state index is 4.73. The van der Waals surface area contributed by atoms with Crippen LogP contribution in [0.2, 0.25) is 0 Å². The molecule has 0 aromatic carbocycles. The molecule has 0 unspecified atom stereocenters. The molecule has 0 atom stereocenters. The Morgan fingerprint density at radius 3 is 2.05 bits per heavy atom. The Hall–Kier alpha value is -0.410. The van der Waals surface area contributed by atoms with E-state index in [2.05, 4.69) is 53.8 Å². The molecular weight excluding hydrogens is 252 g/mol. The minimum absolute atomic E-state index is 0.185. The van der Waals surface area contributed by atoms with Crippen LogP contribution in [0.15, 0.2) is 0 Å². The van der Waals surface area contributed by atoms with Crippen LogP contribution in [0.5, 0.6) is 0 Å². The average molecular weight is 282 g/mol. The molecule has 1 rings (SSSR count). The highest BCUT2D eigenvalue weighted by atomic mass is 32.1. The average Bonchev–Trinajstić information content (AvgIpc) is 2.63. The second kappa shape index (κ2) is 6.36. The van der Waals surface area contributed by atoms with E-state index in [1.807, 2.05) is 11.3 Å². The number of aryl methyl sites for hydroxylation is 2. The van der Waals surface area contributed by atoms with E-state index in [1.165, 1.54) is 28.4 Å². The number of nitrogens with one attached hydrogen (secondary N) is 1. The van der Waals surface area contributed by atoms with Gasteiger partial charge in [0.05, 0.1) is 10.7 Å². The van der Waals surface area contributed by atoms with Crippen molar-refractivity contribution in [1.29, 1.82) is 0 Å². The Morgan fingerprint density at radius 2 is 1.68 bits per heavy atom. The van der Waals surface area contributed by atoms with Gasteiger partial charge in [-0.3, -0.25) is 0 Å². The van der Waals surface area contributed by atoms with Crippen molar-refractivity contribution in [2.24, 2.45) is 5.41 Å². The molecule has 0 radical (unpaired) electrons. The summed E-state index contributed by atoms with van der Waals surface area (Å²) in [4.78, 5) is 6.09. The molecule has 110 valence electrons. The lowest BCUT2D eigenvalue weighted by molar-refractivity contribution is 0.220. The van der Waals surface area contributed by atoms with E-state index >= 15 is 0 Å². The Morgan fingerprint density at radius 1 is 1.11 bits per heavy atom. The quantitative estimate of drug-likeness (QED) is 0.831. The molecule has 0 bridgehead atoms. The zero-order chi connectivity index (χ0) is 14.7. The predicted molar refractivity (Wildman–Crippen MR) is 86.1 cm³/mol. The van der Waals surface area contributed by atoms with Gasteiger partial charge in [-0.15, -0.1) is 11.3 Å². The molecule has 0 aliphatic carbocycles. The van der Waals surface area contributed by atoms with Gasteiger partial charge in [0, 0.05) is 23.4 Å². The van der Waals surface area contributed by atoms with Gasteiger partial charge in [-0.1, -0.05) is 13.8 Å². The van der Waals surface area contributed by atoms with E-state index in [-0.39, 0.29) is 5.54 Å². The summed E-state index contributed by atoms with van der Waals surface area (Å²) in [5, 5.41) is 4.98. The highest BCUT2D eigenvalue weighted by Gasteiger charge is 2.29. The fourth-order valence-electron chi connectivity index (χ4n) is 2.20. The maximum absolute atomic E-state index is 4.73. The van der Waals surface area contributed by atoms with Gasteiger partial charge in [0.15, 0.2) is 0 Å². The first kappa shape index (κ1) is 16.6. The molecule has 1 aromatic rings. The molecule has 0 aliphatic rings. The summed E-state index contributed by atoms with van der Waals surface area (Å²) < 4.78 is 0. The van der Waals surface area contributed by atoms with Gasteiger partial charge < -0.3 is 5.32 Å². The van der Waals surface area contributed by atoms with Crippen molar-refractivity contribution >= 4 is 11.3 Å². The van der Waals surface area contributed by atoms with Crippen LogP contribution in [0.1, 0.15) is 63.0 Å². The molecule has 1 heterocycles. The summed E-state index contributed by atoms with van der Waals surface area (Å²) in [6, 6.07) is 0. The molecule has 0 spiro atoms. The van der Waals surface area contributed by atoms with Gasteiger partial charge in [-0.05, 0) is 52.9 Å². The third-order valence-corrected chi connectivity index (χ3v) is 5.17. The SMILES string of the molecule is CCC(CC)(CNC(C)(C)C)Cc1nc(C)c(C)s1. The van der Waals surface area contributed by atoms with Crippen molar-refractivity contribution in [2.45, 2.75) is 73.3 Å². The lowest BCUT2D eigenvalue weighted by Crippen LogP contribution is -2.44. The highest BCUT2D eigenvalue weighted by molar-refractivity contribution is 7.11. The van der Waals surface area contributed by atoms with Crippen LogP contribution < -0.4 is 5.32 Å². The minimum Gasteiger partial charge on any atom is -0.312 e. The molecule has 0 saturated heterocycles. The molecule has 19 heavy (non-hydrogen) atoms. The summed E-state index contributed by atoms with van der Waals surface area (Å²) in [6.07, 6.45) is 3.50. The lowest BCUT2D eigenvalue weighted by atomic mass is 9.79. The highest BCUT2D eigenvalue weighted by Crippen LogP contribution is 2.33. The van der Waals surface area contributed by atoms with Crippen LogP contribution in [0.3, 0.4) is 0 Å². The minimum atomic E-state index is 0.185. The normalized spacial score (nSPS) is 13.0. The van der Waals surface area contributed by atoms with Crippen molar-refractivity contribution < 1.29 is 0 Å². The van der Waals surface area contributed by atoms with Crippen LogP contribution in [-0.2, 0) is 6.42 Å². The van der Waals surface area contributed by atoms with E-state index in [4.69, 9.17) is 4.98 Å². The largest absolute Gasteiger partial charge is 0.312 e. The maximum Gasteiger partial charge on any atom is 0.0936 e. The van der Waals surface area contributed by atoms with Gasteiger partial charge in [0.25, 0.3) is 0 Å². The number of rotatable bonds is 6. The third kappa shape index (κ3) is 4.88. The molecule has 1 aromatic heterocycles. The summed E-state index contributed by atoms with van der Waals surface area (Å²) in [7, 11) is 0. The zero-order valence-corrected chi connectivity index (χ0v) is 14.5. The molecule has 2 nitrogen and oxygen atoms in total. The first-order valence-corrected chi connectivity index (χ1v) is 8.21. The van der Waals surface area contributed by atoms with E-state index in [9.17, 15) is 0 Å². The Balaban J connectivity index is 2.81.